The number of carbonyl (C=O) groups excluding carboxylic acids is 1. The number of guanidine groups is 1. The summed E-state index contributed by atoms with van der Waals surface area (Å²) < 4.78 is 0. The maximum Gasteiger partial charge on any atom is 0.253 e. The van der Waals surface area contributed by atoms with Crippen molar-refractivity contribution < 1.29 is 4.79 Å². The van der Waals surface area contributed by atoms with Crippen molar-refractivity contribution in [2.45, 2.75) is 19.9 Å². The van der Waals surface area contributed by atoms with Crippen molar-refractivity contribution >= 4 is 35.8 Å². The van der Waals surface area contributed by atoms with Crippen LogP contribution < -0.4 is 10.6 Å². The van der Waals surface area contributed by atoms with Crippen molar-refractivity contribution in [1.82, 2.24) is 25.7 Å². The highest BCUT2D eigenvalue weighted by Crippen LogP contribution is 2.07. The van der Waals surface area contributed by atoms with E-state index in [0.29, 0.717) is 12.1 Å². The summed E-state index contributed by atoms with van der Waals surface area (Å²) in [5, 5.41) is 13.3. The lowest BCUT2D eigenvalue weighted by atomic mass is 10.1. The SMILES string of the molecule is CCNC(=NCc1ccn[nH]1)NCCc1cccc(C(=O)N(C)C)c1.I. The number of nitrogens with zero attached hydrogens (tertiary/aromatic N) is 3. The summed E-state index contributed by atoms with van der Waals surface area (Å²) >= 11 is 0. The molecular formula is C18H27IN6O. The van der Waals surface area contributed by atoms with Crippen LogP contribution in [-0.2, 0) is 13.0 Å². The zero-order valence-electron chi connectivity index (χ0n) is 15.5. The molecule has 0 saturated carbocycles. The Labute approximate surface area is 171 Å². The van der Waals surface area contributed by atoms with Crippen LogP contribution in [0.25, 0.3) is 0 Å². The number of rotatable bonds is 7. The summed E-state index contributed by atoms with van der Waals surface area (Å²) in [4.78, 5) is 18.1. The molecule has 0 saturated heterocycles. The number of halogens is 1. The van der Waals surface area contributed by atoms with Crippen molar-refractivity contribution in [1.29, 1.82) is 0 Å². The van der Waals surface area contributed by atoms with Gasteiger partial charge in [0.05, 0.1) is 12.2 Å². The Hall–Kier alpha value is -2.10. The highest BCUT2D eigenvalue weighted by atomic mass is 127. The minimum absolute atomic E-state index is 0. The maximum absolute atomic E-state index is 12.0. The average Bonchev–Trinajstić information content (AvgIpc) is 3.12. The number of hydrogen-bond acceptors (Lipinski definition) is 3. The Morgan fingerprint density at radius 2 is 2.08 bits per heavy atom. The quantitative estimate of drug-likeness (QED) is 0.329. The van der Waals surface area contributed by atoms with E-state index in [2.05, 4.69) is 25.8 Å². The highest BCUT2D eigenvalue weighted by Gasteiger charge is 2.08. The van der Waals surface area contributed by atoms with Crippen molar-refractivity contribution in [3.63, 3.8) is 0 Å². The summed E-state index contributed by atoms with van der Waals surface area (Å²) in [6.45, 7) is 4.10. The number of H-pyrrole nitrogens is 1. The first kappa shape index (κ1) is 21.9. The summed E-state index contributed by atoms with van der Waals surface area (Å²) in [5.74, 6) is 0.780. The third-order valence-corrected chi connectivity index (χ3v) is 3.60. The van der Waals surface area contributed by atoms with E-state index in [-0.39, 0.29) is 29.9 Å². The van der Waals surface area contributed by atoms with Gasteiger partial charge in [-0.2, -0.15) is 5.10 Å². The predicted octanol–water partition coefficient (Wildman–Crippen LogP) is 2.03. The normalized spacial score (nSPS) is 10.8. The molecule has 0 fully saturated rings. The van der Waals surface area contributed by atoms with Gasteiger partial charge in [0.1, 0.15) is 0 Å². The standard InChI is InChI=1S/C18H26N6O.HI/c1-4-19-18(21-13-16-9-11-22-23-16)20-10-8-14-6-5-7-15(12-14)17(25)24(2)3;/h5-7,9,11-12H,4,8,10,13H2,1-3H3,(H,22,23)(H2,19,20,21);1H. The predicted molar refractivity (Wildman–Crippen MR) is 115 cm³/mol. The van der Waals surface area contributed by atoms with Gasteiger partial charge in [-0.15, -0.1) is 24.0 Å². The van der Waals surface area contributed by atoms with Crippen molar-refractivity contribution in [3.05, 3.63) is 53.3 Å². The second-order valence-corrected chi connectivity index (χ2v) is 5.85. The van der Waals surface area contributed by atoms with E-state index >= 15 is 0 Å². The number of aliphatic imine (C=N–C) groups is 1. The summed E-state index contributed by atoms with van der Waals surface area (Å²) in [5.41, 5.74) is 2.79. The lowest BCUT2D eigenvalue weighted by Gasteiger charge is -2.13. The van der Waals surface area contributed by atoms with Gasteiger partial charge in [-0.05, 0) is 37.1 Å². The molecule has 26 heavy (non-hydrogen) atoms. The molecule has 142 valence electrons. The van der Waals surface area contributed by atoms with Crippen LogP contribution in [0.3, 0.4) is 0 Å². The monoisotopic (exact) mass is 470 g/mol. The molecule has 3 N–H and O–H groups in total. The molecule has 2 aromatic rings. The van der Waals surface area contributed by atoms with E-state index in [1.165, 1.54) is 0 Å². The topological polar surface area (TPSA) is 85.4 Å². The van der Waals surface area contributed by atoms with E-state index < -0.39 is 0 Å². The number of aromatic nitrogens is 2. The molecule has 8 heteroatoms. The van der Waals surface area contributed by atoms with Crippen LogP contribution in [0.1, 0.15) is 28.5 Å². The molecule has 0 aliphatic rings. The minimum Gasteiger partial charge on any atom is -0.357 e. The molecule has 0 atom stereocenters. The second-order valence-electron chi connectivity index (χ2n) is 5.85. The van der Waals surface area contributed by atoms with E-state index in [0.717, 1.165) is 36.7 Å². The van der Waals surface area contributed by atoms with E-state index in [1.807, 2.05) is 37.3 Å². The van der Waals surface area contributed by atoms with Crippen LogP contribution in [0.2, 0.25) is 0 Å². The average molecular weight is 470 g/mol. The molecule has 0 bridgehead atoms. The third-order valence-electron chi connectivity index (χ3n) is 3.60. The van der Waals surface area contributed by atoms with Crippen LogP contribution in [0.4, 0.5) is 0 Å². The smallest absolute Gasteiger partial charge is 0.253 e. The van der Waals surface area contributed by atoms with Crippen molar-refractivity contribution in [3.8, 4) is 0 Å². The van der Waals surface area contributed by atoms with Crippen LogP contribution >= 0.6 is 24.0 Å². The minimum atomic E-state index is 0. The molecule has 1 aromatic heterocycles. The van der Waals surface area contributed by atoms with Gasteiger partial charge in [0.2, 0.25) is 0 Å². The summed E-state index contributed by atoms with van der Waals surface area (Å²) in [6, 6.07) is 9.64. The van der Waals surface area contributed by atoms with Crippen LogP contribution in [0.15, 0.2) is 41.5 Å². The zero-order chi connectivity index (χ0) is 18.1. The highest BCUT2D eigenvalue weighted by molar-refractivity contribution is 14.0. The number of benzene rings is 1. The summed E-state index contributed by atoms with van der Waals surface area (Å²) in [7, 11) is 3.52. The van der Waals surface area contributed by atoms with Crippen LogP contribution in [0.5, 0.6) is 0 Å². The Morgan fingerprint density at radius 3 is 2.73 bits per heavy atom. The van der Waals surface area contributed by atoms with Gasteiger partial charge in [0, 0.05) is 38.9 Å². The Balaban J connectivity index is 0.00000338. The number of nitrogens with one attached hydrogen (secondary N) is 3. The molecule has 7 nitrogen and oxygen atoms in total. The molecule has 1 amide bonds. The summed E-state index contributed by atoms with van der Waals surface area (Å²) in [6.07, 6.45) is 2.52. The fraction of sp³-hybridized carbons (Fsp3) is 0.389. The number of aromatic amines is 1. The molecule has 0 radical (unpaired) electrons. The molecule has 0 aliphatic heterocycles. The maximum atomic E-state index is 12.0. The van der Waals surface area contributed by atoms with Crippen molar-refractivity contribution in [2.24, 2.45) is 4.99 Å². The first-order valence-corrected chi connectivity index (χ1v) is 8.41. The zero-order valence-corrected chi connectivity index (χ0v) is 17.8. The largest absolute Gasteiger partial charge is 0.357 e. The second kappa shape index (κ2) is 11.5. The van der Waals surface area contributed by atoms with Crippen molar-refractivity contribution in [2.75, 3.05) is 27.2 Å². The first-order chi connectivity index (χ1) is 12.1. The van der Waals surface area contributed by atoms with E-state index in [1.54, 1.807) is 25.2 Å². The van der Waals surface area contributed by atoms with Crippen LogP contribution in [0, 0.1) is 0 Å². The number of carbonyl (C=O) groups is 1. The van der Waals surface area contributed by atoms with E-state index in [4.69, 9.17) is 0 Å². The fourth-order valence-corrected chi connectivity index (χ4v) is 2.32. The van der Waals surface area contributed by atoms with Gasteiger partial charge in [-0.25, -0.2) is 4.99 Å². The number of hydrogen-bond donors (Lipinski definition) is 3. The third kappa shape index (κ3) is 7.03. The molecule has 1 heterocycles. The lowest BCUT2D eigenvalue weighted by molar-refractivity contribution is 0.0827. The van der Waals surface area contributed by atoms with E-state index in [9.17, 15) is 4.79 Å². The van der Waals surface area contributed by atoms with Crippen LogP contribution in [-0.4, -0.2) is 54.1 Å². The molecule has 0 spiro atoms. The number of amides is 1. The Bertz CT molecular complexity index is 699. The Morgan fingerprint density at radius 1 is 1.27 bits per heavy atom. The Kier molecular flexibility index (Phi) is 9.71. The van der Waals surface area contributed by atoms with Gasteiger partial charge in [-0.3, -0.25) is 9.89 Å². The molecular weight excluding hydrogens is 443 g/mol. The van der Waals surface area contributed by atoms with Gasteiger partial charge in [0.15, 0.2) is 5.96 Å². The van der Waals surface area contributed by atoms with Gasteiger partial charge < -0.3 is 15.5 Å². The van der Waals surface area contributed by atoms with Gasteiger partial charge in [0.25, 0.3) is 5.91 Å². The first-order valence-electron chi connectivity index (χ1n) is 8.41. The fourth-order valence-electron chi connectivity index (χ4n) is 2.32. The van der Waals surface area contributed by atoms with Gasteiger partial charge in [-0.1, -0.05) is 12.1 Å². The van der Waals surface area contributed by atoms with Gasteiger partial charge >= 0.3 is 0 Å². The molecule has 1 aromatic carbocycles. The molecule has 2 rings (SSSR count). The molecule has 0 aliphatic carbocycles. The molecule has 0 unspecified atom stereocenters. The lowest BCUT2D eigenvalue weighted by Crippen LogP contribution is -2.38.